The Morgan fingerprint density at radius 3 is 2.04 bits per heavy atom. The van der Waals surface area contributed by atoms with E-state index >= 15 is 0 Å². The lowest BCUT2D eigenvalue weighted by molar-refractivity contribution is -0.927. The van der Waals surface area contributed by atoms with Crippen LogP contribution < -0.4 is 4.90 Å². The summed E-state index contributed by atoms with van der Waals surface area (Å²) in [6.45, 7) is 4.97. The fraction of sp³-hybridized carbons (Fsp3) is 0.400. The molecule has 1 aliphatic carbocycles. The number of sulfonamides is 1. The van der Waals surface area contributed by atoms with Gasteiger partial charge in [0.25, 0.3) is 0 Å². The van der Waals surface area contributed by atoms with E-state index in [1.54, 1.807) is 21.3 Å². The van der Waals surface area contributed by atoms with Crippen LogP contribution in [0.4, 0.5) is 0 Å². The molecule has 0 unspecified atom stereocenters. The van der Waals surface area contributed by atoms with Gasteiger partial charge in [-0.15, -0.1) is 0 Å². The first-order valence-electron chi connectivity index (χ1n) is 9.02. The fourth-order valence-electron chi connectivity index (χ4n) is 4.13. The molecule has 4 rings (SSSR count). The van der Waals surface area contributed by atoms with E-state index in [0.29, 0.717) is 24.0 Å². The predicted octanol–water partition coefficient (Wildman–Crippen LogP) is 1.05. The first-order valence-corrected chi connectivity index (χ1v) is 10.5. The van der Waals surface area contributed by atoms with Crippen molar-refractivity contribution in [3.8, 4) is 0 Å². The van der Waals surface area contributed by atoms with Gasteiger partial charge >= 0.3 is 0 Å². The Bertz CT molecular complexity index is 829. The summed E-state index contributed by atoms with van der Waals surface area (Å²) in [6.07, 6.45) is 2.24. The monoisotopic (exact) mass is 357 g/mol. The standard InChI is InChI=1S/C20H24N2O2S/c1-16-6-8-20(9-7-16)25(23,24)22-12-10-21(11-13-22)19-14-17-4-2-3-5-18(17)15-19/h2-9,19H,10-15H2,1H3/p+1. The van der Waals surface area contributed by atoms with Crippen molar-refractivity contribution in [3.63, 3.8) is 0 Å². The summed E-state index contributed by atoms with van der Waals surface area (Å²) in [5.74, 6) is 0. The quantitative estimate of drug-likeness (QED) is 0.892. The summed E-state index contributed by atoms with van der Waals surface area (Å²) < 4.78 is 27.3. The molecule has 1 heterocycles. The van der Waals surface area contributed by atoms with Crippen LogP contribution in [0.15, 0.2) is 53.4 Å². The summed E-state index contributed by atoms with van der Waals surface area (Å²) in [5, 5.41) is 0. The number of rotatable bonds is 3. The summed E-state index contributed by atoms with van der Waals surface area (Å²) in [5.41, 5.74) is 4.01. The average Bonchev–Trinajstić information content (AvgIpc) is 3.06. The molecule has 0 atom stereocenters. The molecule has 1 fully saturated rings. The van der Waals surface area contributed by atoms with Crippen LogP contribution in [-0.2, 0) is 22.9 Å². The lowest BCUT2D eigenvalue weighted by Gasteiger charge is -2.34. The fourth-order valence-corrected chi connectivity index (χ4v) is 5.57. The molecule has 25 heavy (non-hydrogen) atoms. The van der Waals surface area contributed by atoms with Gasteiger partial charge in [0.15, 0.2) is 0 Å². The summed E-state index contributed by atoms with van der Waals surface area (Å²) in [4.78, 5) is 1.96. The normalized spacial score (nSPS) is 19.9. The van der Waals surface area contributed by atoms with Gasteiger partial charge in [-0.1, -0.05) is 42.0 Å². The van der Waals surface area contributed by atoms with Crippen molar-refractivity contribution in [1.29, 1.82) is 0 Å². The molecular weight excluding hydrogens is 332 g/mol. The second-order valence-electron chi connectivity index (χ2n) is 7.25. The number of hydrogen-bond donors (Lipinski definition) is 1. The van der Waals surface area contributed by atoms with E-state index in [1.807, 2.05) is 19.1 Å². The Kier molecular flexibility index (Phi) is 4.40. The van der Waals surface area contributed by atoms with E-state index in [0.717, 1.165) is 31.5 Å². The van der Waals surface area contributed by atoms with Gasteiger partial charge in [0.1, 0.15) is 0 Å². The average molecular weight is 357 g/mol. The van der Waals surface area contributed by atoms with Crippen molar-refractivity contribution in [1.82, 2.24) is 4.31 Å². The third-order valence-corrected chi connectivity index (χ3v) is 7.56. The van der Waals surface area contributed by atoms with Gasteiger partial charge in [-0.3, -0.25) is 0 Å². The van der Waals surface area contributed by atoms with Gasteiger partial charge < -0.3 is 4.90 Å². The van der Waals surface area contributed by atoms with Gasteiger partial charge in [0.05, 0.1) is 37.1 Å². The molecule has 4 nitrogen and oxygen atoms in total. The summed E-state index contributed by atoms with van der Waals surface area (Å²) >= 11 is 0. The van der Waals surface area contributed by atoms with Crippen molar-refractivity contribution in [2.24, 2.45) is 0 Å². The molecule has 2 aromatic rings. The molecule has 0 aromatic heterocycles. The van der Waals surface area contributed by atoms with Crippen molar-refractivity contribution >= 4 is 10.0 Å². The van der Waals surface area contributed by atoms with Gasteiger partial charge in [-0.25, -0.2) is 8.42 Å². The third kappa shape index (κ3) is 3.24. The molecule has 0 bridgehead atoms. The number of nitrogens with zero attached hydrogens (tertiary/aromatic N) is 1. The number of nitrogens with one attached hydrogen (secondary N) is 1. The minimum Gasteiger partial charge on any atom is -0.330 e. The van der Waals surface area contributed by atoms with Gasteiger partial charge in [-0.2, -0.15) is 4.31 Å². The number of aryl methyl sites for hydroxylation is 1. The number of fused-ring (bicyclic) bond motifs is 1. The van der Waals surface area contributed by atoms with Gasteiger partial charge in [0, 0.05) is 12.8 Å². The maximum atomic E-state index is 12.8. The largest absolute Gasteiger partial charge is 0.330 e. The first-order chi connectivity index (χ1) is 12.0. The number of quaternary nitrogens is 1. The van der Waals surface area contributed by atoms with Crippen molar-refractivity contribution in [2.75, 3.05) is 26.2 Å². The number of benzene rings is 2. The smallest absolute Gasteiger partial charge is 0.243 e. The molecule has 5 heteroatoms. The Labute approximate surface area is 150 Å². The highest BCUT2D eigenvalue weighted by atomic mass is 32.2. The van der Waals surface area contributed by atoms with Crippen LogP contribution in [-0.4, -0.2) is 44.9 Å². The first kappa shape index (κ1) is 16.8. The highest BCUT2D eigenvalue weighted by Crippen LogP contribution is 2.21. The van der Waals surface area contributed by atoms with Crippen LogP contribution in [0.1, 0.15) is 16.7 Å². The molecule has 0 radical (unpaired) electrons. The van der Waals surface area contributed by atoms with Crippen LogP contribution in [0.25, 0.3) is 0 Å². The van der Waals surface area contributed by atoms with Crippen molar-refractivity contribution in [2.45, 2.75) is 30.7 Å². The molecule has 1 aliphatic heterocycles. The number of piperazine rings is 1. The van der Waals surface area contributed by atoms with Crippen molar-refractivity contribution in [3.05, 3.63) is 65.2 Å². The second-order valence-corrected chi connectivity index (χ2v) is 9.19. The predicted molar refractivity (Wildman–Crippen MR) is 98.3 cm³/mol. The zero-order valence-electron chi connectivity index (χ0n) is 14.6. The highest BCUT2D eigenvalue weighted by molar-refractivity contribution is 7.89. The topological polar surface area (TPSA) is 41.8 Å². The van der Waals surface area contributed by atoms with E-state index in [9.17, 15) is 8.42 Å². The van der Waals surface area contributed by atoms with E-state index in [4.69, 9.17) is 0 Å². The maximum absolute atomic E-state index is 12.8. The van der Waals surface area contributed by atoms with E-state index in [1.165, 1.54) is 11.1 Å². The lowest BCUT2D eigenvalue weighted by atomic mass is 10.1. The SMILES string of the molecule is Cc1ccc(S(=O)(=O)N2CC[NH+](C3Cc4ccccc4C3)CC2)cc1. The summed E-state index contributed by atoms with van der Waals surface area (Å²) in [6, 6.07) is 16.5. The third-order valence-electron chi connectivity index (χ3n) is 5.65. The molecule has 2 aliphatic rings. The molecule has 0 spiro atoms. The molecule has 1 N–H and O–H groups in total. The van der Waals surface area contributed by atoms with Crippen LogP contribution >= 0.6 is 0 Å². The van der Waals surface area contributed by atoms with E-state index < -0.39 is 10.0 Å². The lowest BCUT2D eigenvalue weighted by Crippen LogP contribution is -3.18. The van der Waals surface area contributed by atoms with E-state index in [-0.39, 0.29) is 0 Å². The molecule has 132 valence electrons. The Morgan fingerprint density at radius 2 is 1.48 bits per heavy atom. The second kappa shape index (κ2) is 6.56. The minimum atomic E-state index is -3.36. The zero-order valence-corrected chi connectivity index (χ0v) is 15.4. The van der Waals surface area contributed by atoms with Crippen LogP contribution in [0, 0.1) is 6.92 Å². The Morgan fingerprint density at radius 1 is 0.920 bits per heavy atom. The summed E-state index contributed by atoms with van der Waals surface area (Å²) in [7, 11) is -3.36. The van der Waals surface area contributed by atoms with Crippen LogP contribution in [0.3, 0.4) is 0 Å². The van der Waals surface area contributed by atoms with Gasteiger partial charge in [-0.05, 0) is 30.2 Å². The van der Waals surface area contributed by atoms with Crippen molar-refractivity contribution < 1.29 is 13.3 Å². The molecular formula is C20H25N2O2S+. The molecule has 1 saturated heterocycles. The molecule has 0 saturated carbocycles. The Balaban J connectivity index is 1.41. The maximum Gasteiger partial charge on any atom is 0.243 e. The number of hydrogen-bond acceptors (Lipinski definition) is 2. The van der Waals surface area contributed by atoms with Gasteiger partial charge in [0.2, 0.25) is 10.0 Å². The van der Waals surface area contributed by atoms with Crippen LogP contribution in [0.2, 0.25) is 0 Å². The molecule has 2 aromatic carbocycles. The van der Waals surface area contributed by atoms with Crippen LogP contribution in [0.5, 0.6) is 0 Å². The minimum absolute atomic E-state index is 0.412. The highest BCUT2D eigenvalue weighted by Gasteiger charge is 2.35. The van der Waals surface area contributed by atoms with E-state index in [2.05, 4.69) is 24.3 Å². The zero-order chi connectivity index (χ0) is 17.4. The Hall–Kier alpha value is -1.69. The molecule has 0 amide bonds.